The van der Waals surface area contributed by atoms with Crippen LogP contribution in [-0.2, 0) is 5.41 Å². The molecule has 3 heteroatoms. The van der Waals surface area contributed by atoms with Gasteiger partial charge in [-0.3, -0.25) is 0 Å². The lowest BCUT2D eigenvalue weighted by Crippen LogP contribution is -2.11. The molecule has 2 aromatic rings. The van der Waals surface area contributed by atoms with Crippen LogP contribution in [-0.4, -0.2) is 5.16 Å². The molecule has 0 bridgehead atoms. The maximum Gasteiger partial charge on any atom is 0.175 e. The van der Waals surface area contributed by atoms with E-state index in [9.17, 15) is 0 Å². The fraction of sp³-hybridized carbons (Fsp3) is 0.357. The predicted octanol–water partition coefficient (Wildman–Crippen LogP) is 3.53. The quantitative estimate of drug-likeness (QED) is 0.815. The van der Waals surface area contributed by atoms with Crippen LogP contribution in [0.15, 0.2) is 28.8 Å². The van der Waals surface area contributed by atoms with Crippen molar-refractivity contribution >= 4 is 5.82 Å². The normalized spacial score (nSPS) is 11.8. The molecule has 0 unspecified atom stereocenters. The molecule has 1 heterocycles. The van der Waals surface area contributed by atoms with Crippen LogP contribution in [0.4, 0.5) is 5.82 Å². The van der Waals surface area contributed by atoms with E-state index in [1.54, 1.807) is 0 Å². The van der Waals surface area contributed by atoms with Gasteiger partial charge in [0.15, 0.2) is 11.6 Å². The van der Waals surface area contributed by atoms with Gasteiger partial charge in [0.1, 0.15) is 0 Å². The molecule has 0 amide bonds. The van der Waals surface area contributed by atoms with E-state index in [1.807, 2.05) is 12.1 Å². The van der Waals surface area contributed by atoms with E-state index in [0.29, 0.717) is 5.82 Å². The third-order valence-corrected chi connectivity index (χ3v) is 2.74. The molecule has 0 aliphatic heterocycles. The van der Waals surface area contributed by atoms with Gasteiger partial charge in [-0.05, 0) is 12.5 Å². The molecule has 3 nitrogen and oxygen atoms in total. The summed E-state index contributed by atoms with van der Waals surface area (Å²) in [6, 6.07) is 8.23. The zero-order valence-electron chi connectivity index (χ0n) is 10.7. The van der Waals surface area contributed by atoms with Crippen molar-refractivity contribution in [3.8, 4) is 11.1 Å². The van der Waals surface area contributed by atoms with E-state index in [-0.39, 0.29) is 5.41 Å². The Kier molecular flexibility index (Phi) is 2.69. The molecule has 0 saturated heterocycles. The summed E-state index contributed by atoms with van der Waals surface area (Å²) in [7, 11) is 0. The molecule has 0 aliphatic rings. The Hall–Kier alpha value is -1.77. The molecule has 1 aromatic carbocycles. The van der Waals surface area contributed by atoms with E-state index in [0.717, 1.165) is 16.9 Å². The van der Waals surface area contributed by atoms with Crippen molar-refractivity contribution in [2.24, 2.45) is 0 Å². The Balaban J connectivity index is 2.59. The van der Waals surface area contributed by atoms with Gasteiger partial charge in [0.25, 0.3) is 0 Å². The molecular formula is C14H18N2O. The Labute approximate surface area is 102 Å². The van der Waals surface area contributed by atoms with E-state index in [4.69, 9.17) is 10.3 Å². The Morgan fingerprint density at radius 1 is 1.12 bits per heavy atom. The summed E-state index contributed by atoms with van der Waals surface area (Å²) in [4.78, 5) is 0. The Bertz CT molecular complexity index is 518. The fourth-order valence-corrected chi connectivity index (χ4v) is 1.81. The summed E-state index contributed by atoms with van der Waals surface area (Å²) < 4.78 is 5.37. The molecule has 0 fully saturated rings. The van der Waals surface area contributed by atoms with Crippen LogP contribution >= 0.6 is 0 Å². The monoisotopic (exact) mass is 230 g/mol. The maximum absolute atomic E-state index is 5.90. The number of nitrogens with two attached hydrogens (primary N) is 1. The van der Waals surface area contributed by atoms with E-state index in [1.165, 1.54) is 5.56 Å². The van der Waals surface area contributed by atoms with Crippen LogP contribution < -0.4 is 5.73 Å². The van der Waals surface area contributed by atoms with Crippen LogP contribution in [0.3, 0.4) is 0 Å². The fourth-order valence-electron chi connectivity index (χ4n) is 1.81. The van der Waals surface area contributed by atoms with Gasteiger partial charge in [-0.25, -0.2) is 0 Å². The van der Waals surface area contributed by atoms with Gasteiger partial charge in [0.2, 0.25) is 0 Å². The van der Waals surface area contributed by atoms with Crippen LogP contribution in [0.5, 0.6) is 0 Å². The summed E-state index contributed by atoms with van der Waals surface area (Å²) in [5.41, 5.74) is 8.99. The highest BCUT2D eigenvalue weighted by Crippen LogP contribution is 2.36. The van der Waals surface area contributed by atoms with Gasteiger partial charge in [0.05, 0.1) is 5.56 Å². The SMILES string of the molecule is Cc1ccc(-c2c(N)noc2C(C)(C)C)cc1. The summed E-state index contributed by atoms with van der Waals surface area (Å²) in [6.45, 7) is 8.32. The molecule has 2 N–H and O–H groups in total. The molecule has 1 aromatic heterocycles. The average molecular weight is 230 g/mol. The molecular weight excluding hydrogens is 212 g/mol. The highest BCUT2D eigenvalue weighted by Gasteiger charge is 2.26. The van der Waals surface area contributed by atoms with Crippen molar-refractivity contribution in [1.82, 2.24) is 5.16 Å². The van der Waals surface area contributed by atoms with Gasteiger partial charge in [-0.1, -0.05) is 55.8 Å². The number of nitrogen functional groups attached to an aromatic ring is 1. The third-order valence-electron chi connectivity index (χ3n) is 2.74. The first kappa shape index (κ1) is 11.7. The predicted molar refractivity (Wildman–Crippen MR) is 69.8 cm³/mol. The molecule has 0 atom stereocenters. The minimum absolute atomic E-state index is 0.106. The standard InChI is InChI=1S/C14H18N2O/c1-9-5-7-10(8-6-9)11-12(14(2,3)4)17-16-13(11)15/h5-8H,1-4H3,(H2,15,16). The van der Waals surface area contributed by atoms with Crippen molar-refractivity contribution in [1.29, 1.82) is 0 Å². The van der Waals surface area contributed by atoms with Gasteiger partial charge < -0.3 is 10.3 Å². The lowest BCUT2D eigenvalue weighted by atomic mass is 9.88. The number of rotatable bonds is 1. The lowest BCUT2D eigenvalue weighted by Gasteiger charge is -2.16. The van der Waals surface area contributed by atoms with Crippen molar-refractivity contribution in [3.05, 3.63) is 35.6 Å². The highest BCUT2D eigenvalue weighted by atomic mass is 16.5. The first-order chi connectivity index (χ1) is 7.89. The number of benzene rings is 1. The van der Waals surface area contributed by atoms with E-state index in [2.05, 4.69) is 45.0 Å². The van der Waals surface area contributed by atoms with Gasteiger partial charge in [-0.15, -0.1) is 0 Å². The average Bonchev–Trinajstić information content (AvgIpc) is 2.61. The van der Waals surface area contributed by atoms with Crippen LogP contribution in [0.1, 0.15) is 32.1 Å². The zero-order valence-corrected chi connectivity index (χ0v) is 10.7. The van der Waals surface area contributed by atoms with Gasteiger partial charge in [-0.2, -0.15) is 0 Å². The minimum atomic E-state index is -0.106. The highest BCUT2D eigenvalue weighted by molar-refractivity contribution is 5.76. The summed E-state index contributed by atoms with van der Waals surface area (Å²) >= 11 is 0. The molecule has 0 spiro atoms. The number of hydrogen-bond acceptors (Lipinski definition) is 3. The molecule has 0 radical (unpaired) electrons. The van der Waals surface area contributed by atoms with Crippen molar-refractivity contribution in [2.75, 3.05) is 5.73 Å². The molecule has 2 rings (SSSR count). The Morgan fingerprint density at radius 2 is 1.71 bits per heavy atom. The molecule has 0 saturated carbocycles. The largest absolute Gasteiger partial charge is 0.380 e. The van der Waals surface area contributed by atoms with Crippen LogP contribution in [0.2, 0.25) is 0 Å². The van der Waals surface area contributed by atoms with Crippen molar-refractivity contribution in [2.45, 2.75) is 33.1 Å². The molecule has 90 valence electrons. The smallest absolute Gasteiger partial charge is 0.175 e. The number of aromatic nitrogens is 1. The minimum Gasteiger partial charge on any atom is -0.380 e. The van der Waals surface area contributed by atoms with Gasteiger partial charge >= 0.3 is 0 Å². The summed E-state index contributed by atoms with van der Waals surface area (Å²) in [5.74, 6) is 1.29. The first-order valence-electron chi connectivity index (χ1n) is 5.72. The van der Waals surface area contributed by atoms with Gasteiger partial charge in [0, 0.05) is 5.41 Å². The molecule has 0 aliphatic carbocycles. The maximum atomic E-state index is 5.90. The third kappa shape index (κ3) is 2.18. The zero-order chi connectivity index (χ0) is 12.6. The van der Waals surface area contributed by atoms with E-state index < -0.39 is 0 Å². The van der Waals surface area contributed by atoms with Crippen LogP contribution in [0, 0.1) is 6.92 Å². The lowest BCUT2D eigenvalue weighted by molar-refractivity contribution is 0.332. The topological polar surface area (TPSA) is 52.0 Å². The summed E-state index contributed by atoms with van der Waals surface area (Å²) in [5, 5.41) is 3.88. The van der Waals surface area contributed by atoms with Crippen molar-refractivity contribution < 1.29 is 4.52 Å². The number of aryl methyl sites for hydroxylation is 1. The second-order valence-corrected chi connectivity index (χ2v) is 5.39. The first-order valence-corrected chi connectivity index (χ1v) is 5.72. The number of nitrogens with zero attached hydrogens (tertiary/aromatic N) is 1. The molecule has 17 heavy (non-hydrogen) atoms. The van der Waals surface area contributed by atoms with Crippen LogP contribution in [0.25, 0.3) is 11.1 Å². The Morgan fingerprint density at radius 3 is 2.24 bits per heavy atom. The number of anilines is 1. The van der Waals surface area contributed by atoms with Crippen molar-refractivity contribution in [3.63, 3.8) is 0 Å². The number of hydrogen-bond donors (Lipinski definition) is 1. The second kappa shape index (κ2) is 3.91. The van der Waals surface area contributed by atoms with E-state index >= 15 is 0 Å². The second-order valence-electron chi connectivity index (χ2n) is 5.39. The summed E-state index contributed by atoms with van der Waals surface area (Å²) in [6.07, 6.45) is 0.